The zero-order valence-electron chi connectivity index (χ0n) is 19.2. The third-order valence-corrected chi connectivity index (χ3v) is 7.15. The van der Waals surface area contributed by atoms with Gasteiger partial charge in [-0.1, -0.05) is 30.3 Å². The second-order valence-corrected chi connectivity index (χ2v) is 9.61. The van der Waals surface area contributed by atoms with E-state index in [9.17, 15) is 4.79 Å². The molecule has 1 N–H and O–H groups in total. The van der Waals surface area contributed by atoms with E-state index in [1.807, 2.05) is 18.2 Å². The highest BCUT2D eigenvalue weighted by Crippen LogP contribution is 2.30. The van der Waals surface area contributed by atoms with Crippen molar-refractivity contribution < 1.29 is 4.74 Å². The van der Waals surface area contributed by atoms with Crippen LogP contribution in [0, 0.1) is 3.57 Å². The Morgan fingerprint density at radius 3 is 2.56 bits per heavy atom. The van der Waals surface area contributed by atoms with Crippen molar-refractivity contribution in [3.05, 3.63) is 80.4 Å². The molecule has 1 aliphatic rings. The van der Waals surface area contributed by atoms with Gasteiger partial charge >= 0.3 is 0 Å². The number of nitrogens with zero attached hydrogens (tertiary/aromatic N) is 4. The van der Waals surface area contributed by atoms with Crippen molar-refractivity contribution in [3.63, 3.8) is 0 Å². The summed E-state index contributed by atoms with van der Waals surface area (Å²) >= 11 is 2.34. The Bertz CT molecular complexity index is 1380. The molecule has 174 valence electrons. The minimum absolute atomic E-state index is 0.0346. The van der Waals surface area contributed by atoms with Crippen molar-refractivity contribution in [1.82, 2.24) is 14.5 Å². The van der Waals surface area contributed by atoms with E-state index in [-0.39, 0.29) is 11.6 Å². The van der Waals surface area contributed by atoms with Crippen LogP contribution in [0.3, 0.4) is 0 Å². The molecule has 4 aromatic rings. The van der Waals surface area contributed by atoms with Gasteiger partial charge in [0.1, 0.15) is 11.2 Å². The summed E-state index contributed by atoms with van der Waals surface area (Å²) in [6.45, 7) is 5.37. The first-order chi connectivity index (χ1) is 16.5. The molecule has 7 nitrogen and oxygen atoms in total. The van der Waals surface area contributed by atoms with Gasteiger partial charge in [0.25, 0.3) is 5.56 Å². The van der Waals surface area contributed by atoms with Crippen LogP contribution in [-0.4, -0.2) is 40.8 Å². The number of hydrogen-bond donors (Lipinski definition) is 1. The van der Waals surface area contributed by atoms with E-state index < -0.39 is 0 Å². The molecule has 0 radical (unpaired) electrons. The molecule has 0 unspecified atom stereocenters. The second kappa shape index (κ2) is 9.71. The van der Waals surface area contributed by atoms with Crippen LogP contribution < -0.4 is 15.8 Å². The first kappa shape index (κ1) is 22.8. The summed E-state index contributed by atoms with van der Waals surface area (Å²) in [6, 6.07) is 18.5. The predicted octanol–water partition coefficient (Wildman–Crippen LogP) is 4.61. The van der Waals surface area contributed by atoms with Crippen LogP contribution in [-0.2, 0) is 11.8 Å². The number of pyridine rings is 1. The number of hydrogen-bond acceptors (Lipinski definition) is 6. The van der Waals surface area contributed by atoms with Gasteiger partial charge in [-0.2, -0.15) is 0 Å². The molecule has 0 aliphatic carbocycles. The molecule has 34 heavy (non-hydrogen) atoms. The van der Waals surface area contributed by atoms with Crippen molar-refractivity contribution >= 4 is 45.0 Å². The summed E-state index contributed by atoms with van der Waals surface area (Å²) in [7, 11) is 1.71. The lowest BCUT2D eigenvalue weighted by atomic mass is 10.1. The summed E-state index contributed by atoms with van der Waals surface area (Å²) < 4.78 is 8.11. The van der Waals surface area contributed by atoms with Gasteiger partial charge in [0.15, 0.2) is 0 Å². The maximum atomic E-state index is 13.0. The lowest BCUT2D eigenvalue weighted by Crippen LogP contribution is -2.36. The summed E-state index contributed by atoms with van der Waals surface area (Å²) in [5.74, 6) is 0.547. The number of benzene rings is 2. The minimum Gasteiger partial charge on any atom is -0.378 e. The number of aryl methyl sites for hydroxylation is 1. The van der Waals surface area contributed by atoms with Crippen molar-refractivity contribution in [2.24, 2.45) is 7.05 Å². The molecule has 5 rings (SSSR count). The number of fused-ring (bicyclic) bond motifs is 1. The van der Waals surface area contributed by atoms with E-state index in [0.29, 0.717) is 16.7 Å². The molecule has 1 fully saturated rings. The van der Waals surface area contributed by atoms with Gasteiger partial charge in [-0.05, 0) is 59.3 Å². The molecular weight excluding hydrogens is 541 g/mol. The maximum Gasteiger partial charge on any atom is 0.264 e. The van der Waals surface area contributed by atoms with Gasteiger partial charge < -0.3 is 19.5 Å². The number of morpholine rings is 1. The standard InChI is InChI=1S/C26H26IN5O2/c1-17(20-5-3-4-6-21(20)27)29-25-24-23(28-16-31(2)26(24)33)15-22(30-25)18-7-9-19(10-8-18)32-11-13-34-14-12-32/h3-10,15-17H,11-14H2,1-2H3,(H,29,30)/t17-/m0/s1. The van der Waals surface area contributed by atoms with E-state index in [2.05, 4.69) is 81.1 Å². The van der Waals surface area contributed by atoms with Crippen LogP contribution in [0.15, 0.2) is 65.7 Å². The SMILES string of the molecule is C[C@H](Nc1nc(-c2ccc(N3CCOCC3)cc2)cc2ncn(C)c(=O)c12)c1ccccc1I. The minimum atomic E-state index is -0.121. The van der Waals surface area contributed by atoms with Crippen LogP contribution in [0.2, 0.25) is 0 Å². The first-order valence-electron chi connectivity index (χ1n) is 11.3. The zero-order chi connectivity index (χ0) is 23.7. The Morgan fingerprint density at radius 2 is 1.82 bits per heavy atom. The Balaban J connectivity index is 1.55. The fourth-order valence-corrected chi connectivity index (χ4v) is 5.10. The van der Waals surface area contributed by atoms with Gasteiger partial charge in [-0.3, -0.25) is 4.79 Å². The molecule has 0 amide bonds. The zero-order valence-corrected chi connectivity index (χ0v) is 21.3. The van der Waals surface area contributed by atoms with E-state index >= 15 is 0 Å². The lowest BCUT2D eigenvalue weighted by Gasteiger charge is -2.28. The van der Waals surface area contributed by atoms with E-state index in [0.717, 1.165) is 46.7 Å². The van der Waals surface area contributed by atoms with Gasteiger partial charge in [-0.15, -0.1) is 0 Å². The van der Waals surface area contributed by atoms with Crippen molar-refractivity contribution in [2.45, 2.75) is 13.0 Å². The number of nitrogens with one attached hydrogen (secondary N) is 1. The Labute approximate surface area is 211 Å². The quantitative estimate of drug-likeness (QED) is 0.356. The van der Waals surface area contributed by atoms with Crippen LogP contribution in [0.1, 0.15) is 18.5 Å². The molecule has 3 heterocycles. The third kappa shape index (κ3) is 4.52. The number of rotatable bonds is 5. The molecule has 8 heteroatoms. The first-order valence-corrected chi connectivity index (χ1v) is 12.4. The Kier molecular flexibility index (Phi) is 6.51. The smallest absolute Gasteiger partial charge is 0.264 e. The van der Waals surface area contributed by atoms with Crippen LogP contribution in [0.5, 0.6) is 0 Å². The summed E-state index contributed by atoms with van der Waals surface area (Å²) in [4.78, 5) is 24.8. The van der Waals surface area contributed by atoms with Crippen LogP contribution in [0.25, 0.3) is 22.2 Å². The fraction of sp³-hybridized carbons (Fsp3) is 0.269. The molecule has 0 spiro atoms. The summed E-state index contributed by atoms with van der Waals surface area (Å²) in [5, 5.41) is 3.99. The molecule has 1 atom stereocenters. The van der Waals surface area contributed by atoms with Gasteiger partial charge in [0, 0.05) is 35.0 Å². The molecule has 2 aromatic heterocycles. The average molecular weight is 567 g/mol. The lowest BCUT2D eigenvalue weighted by molar-refractivity contribution is 0.122. The number of aromatic nitrogens is 3. The van der Waals surface area contributed by atoms with Crippen LogP contribution in [0.4, 0.5) is 11.5 Å². The van der Waals surface area contributed by atoms with Crippen LogP contribution >= 0.6 is 22.6 Å². The van der Waals surface area contributed by atoms with Crippen molar-refractivity contribution in [2.75, 3.05) is 36.5 Å². The molecule has 0 saturated carbocycles. The summed E-state index contributed by atoms with van der Waals surface area (Å²) in [5.41, 5.74) is 4.59. The predicted molar refractivity (Wildman–Crippen MR) is 144 cm³/mol. The monoisotopic (exact) mass is 567 g/mol. The highest BCUT2D eigenvalue weighted by Gasteiger charge is 2.17. The highest BCUT2D eigenvalue weighted by atomic mass is 127. The second-order valence-electron chi connectivity index (χ2n) is 8.44. The van der Waals surface area contributed by atoms with Gasteiger partial charge in [-0.25, -0.2) is 9.97 Å². The molecule has 2 aromatic carbocycles. The maximum absolute atomic E-state index is 13.0. The Morgan fingerprint density at radius 1 is 1.09 bits per heavy atom. The van der Waals surface area contributed by atoms with Crippen molar-refractivity contribution in [1.29, 1.82) is 0 Å². The molecule has 1 saturated heterocycles. The van der Waals surface area contributed by atoms with Gasteiger partial charge in [0.2, 0.25) is 0 Å². The fourth-order valence-electron chi connectivity index (χ4n) is 4.25. The molecular formula is C26H26IN5O2. The number of anilines is 2. The number of halogens is 1. The molecule has 1 aliphatic heterocycles. The topological polar surface area (TPSA) is 72.3 Å². The van der Waals surface area contributed by atoms with E-state index in [1.54, 1.807) is 13.4 Å². The summed E-state index contributed by atoms with van der Waals surface area (Å²) in [6.07, 6.45) is 1.56. The molecule has 0 bridgehead atoms. The normalized spacial score (nSPS) is 14.9. The largest absolute Gasteiger partial charge is 0.378 e. The van der Waals surface area contributed by atoms with Gasteiger partial charge in [0.05, 0.1) is 36.8 Å². The highest BCUT2D eigenvalue weighted by molar-refractivity contribution is 14.1. The number of ether oxygens (including phenoxy) is 1. The average Bonchev–Trinajstić information content (AvgIpc) is 2.87. The Hall–Kier alpha value is -2.98. The van der Waals surface area contributed by atoms with Crippen molar-refractivity contribution in [3.8, 4) is 11.3 Å². The third-order valence-electron chi connectivity index (χ3n) is 6.17. The van der Waals surface area contributed by atoms with E-state index in [1.165, 1.54) is 10.3 Å². The van der Waals surface area contributed by atoms with E-state index in [4.69, 9.17) is 9.72 Å².